The molecule has 3 atom stereocenters. The van der Waals surface area contributed by atoms with Crippen LogP contribution in [0.2, 0.25) is 0 Å². The van der Waals surface area contributed by atoms with E-state index < -0.39 is 47.1 Å². The molecule has 0 radical (unpaired) electrons. The van der Waals surface area contributed by atoms with Crippen LogP contribution in [0.25, 0.3) is 10.2 Å². The van der Waals surface area contributed by atoms with Crippen LogP contribution in [0.15, 0.2) is 120 Å². The molecule has 0 bridgehead atoms. The van der Waals surface area contributed by atoms with Gasteiger partial charge in [0.25, 0.3) is 5.91 Å². The number of ketones is 1. The Kier molecular flexibility index (Phi) is 10.2. The number of para-hydroxylation sites is 2. The first-order chi connectivity index (χ1) is 22.9. The second kappa shape index (κ2) is 14.8. The zero-order valence-electron chi connectivity index (χ0n) is 25.1. The molecule has 0 spiro atoms. The van der Waals surface area contributed by atoms with E-state index in [9.17, 15) is 19.2 Å². The number of nitrogens with zero attached hydrogens (tertiary/aromatic N) is 2. The van der Waals surface area contributed by atoms with Gasteiger partial charge < -0.3 is 19.7 Å². The van der Waals surface area contributed by atoms with Crippen molar-refractivity contribution in [3.8, 4) is 5.75 Å². The third kappa shape index (κ3) is 7.51. The second-order valence-corrected chi connectivity index (χ2v) is 14.2. The molecule has 1 unspecified atom stereocenters. The smallest absolute Gasteiger partial charge is 0.337 e. The molecule has 47 heavy (non-hydrogen) atoms. The number of carbonyl (C=O) groups is 4. The Hall–Kier alpha value is -4.65. The number of likely N-dealkylation sites (tertiary alicyclic amines) is 1. The number of carbonyl (C=O) groups excluding carboxylic acids is 4. The van der Waals surface area contributed by atoms with Crippen molar-refractivity contribution in [3.63, 3.8) is 0 Å². The highest BCUT2D eigenvalue weighted by molar-refractivity contribution is 8.77. The lowest BCUT2D eigenvalue weighted by atomic mass is 9.99. The number of rotatable bonds is 13. The van der Waals surface area contributed by atoms with Crippen molar-refractivity contribution in [2.24, 2.45) is 0 Å². The normalized spacial score (nSPS) is 16.4. The summed E-state index contributed by atoms with van der Waals surface area (Å²) < 4.78 is 13.3. The highest BCUT2D eigenvalue weighted by Gasteiger charge is 2.55. The van der Waals surface area contributed by atoms with Crippen molar-refractivity contribution in [1.29, 1.82) is 0 Å². The lowest BCUT2D eigenvalue weighted by molar-refractivity contribution is -0.169. The van der Waals surface area contributed by atoms with Crippen molar-refractivity contribution in [1.82, 2.24) is 15.2 Å². The van der Waals surface area contributed by atoms with Crippen LogP contribution in [0.1, 0.15) is 24.2 Å². The number of hydrogen-bond donors (Lipinski definition) is 1. The van der Waals surface area contributed by atoms with Crippen LogP contribution in [0.5, 0.6) is 5.75 Å². The van der Waals surface area contributed by atoms with Gasteiger partial charge in [-0.3, -0.25) is 14.4 Å². The fraction of sp³-hybridized carbons (Fsp3) is 0.171. The van der Waals surface area contributed by atoms with E-state index in [1.54, 1.807) is 24.3 Å². The van der Waals surface area contributed by atoms with Crippen molar-refractivity contribution in [2.45, 2.75) is 34.8 Å². The molecule has 9 nitrogen and oxygen atoms in total. The number of ether oxygens (including phenoxy) is 2. The summed E-state index contributed by atoms with van der Waals surface area (Å²) in [4.78, 5) is 59.4. The number of amides is 2. The molecular formula is C35H29N3O6S3. The van der Waals surface area contributed by atoms with Gasteiger partial charge >= 0.3 is 5.97 Å². The molecule has 2 heterocycles. The standard InChI is InChI=1S/C35H29N3O6S3/c1-22(39)30(34(42)44-31(23-13-5-2-6-14-23)24-15-7-3-8-16-24)38-32(41)29(37-28(40)21-43-25-17-9-4-10-18-25)33(38)46-47-35-36-26-19-11-12-20-27(26)45-35/h2-20,29-31,33H,21H2,1H3,(H,37,40)/t29-,30?,33-/m1/s1. The molecule has 12 heteroatoms. The van der Waals surface area contributed by atoms with E-state index in [0.29, 0.717) is 16.9 Å². The van der Waals surface area contributed by atoms with E-state index in [1.165, 1.54) is 44.7 Å². The maximum Gasteiger partial charge on any atom is 0.337 e. The number of Topliss-reactive ketones (excluding diaryl/α,β-unsaturated/α-hetero) is 1. The number of nitrogens with one attached hydrogen (secondary N) is 1. The Morgan fingerprint density at radius 1 is 0.872 bits per heavy atom. The first kappa shape index (κ1) is 32.3. The highest BCUT2D eigenvalue weighted by Crippen LogP contribution is 2.45. The topological polar surface area (TPSA) is 115 Å². The monoisotopic (exact) mass is 683 g/mol. The van der Waals surface area contributed by atoms with Crippen LogP contribution in [0, 0.1) is 0 Å². The van der Waals surface area contributed by atoms with Gasteiger partial charge in [-0.05, 0) is 53.1 Å². The second-order valence-electron chi connectivity index (χ2n) is 10.6. The maximum atomic E-state index is 13.9. The minimum Gasteiger partial charge on any atom is -0.484 e. The summed E-state index contributed by atoms with van der Waals surface area (Å²) in [5.74, 6) is -2.01. The van der Waals surface area contributed by atoms with Gasteiger partial charge in [0.05, 0.1) is 10.2 Å². The molecule has 4 aromatic carbocycles. The van der Waals surface area contributed by atoms with Gasteiger partial charge in [0, 0.05) is 0 Å². The molecule has 6 rings (SSSR count). The lowest BCUT2D eigenvalue weighted by Crippen LogP contribution is -2.74. The zero-order valence-corrected chi connectivity index (χ0v) is 27.5. The Labute approximate surface area is 283 Å². The molecule has 1 fully saturated rings. The molecule has 1 aliphatic heterocycles. The molecule has 1 N–H and O–H groups in total. The first-order valence-corrected chi connectivity index (χ1v) is 17.7. The zero-order chi connectivity index (χ0) is 32.8. The van der Waals surface area contributed by atoms with Crippen molar-refractivity contribution >= 4 is 66.7 Å². The molecule has 1 saturated heterocycles. The molecular weight excluding hydrogens is 655 g/mol. The number of esters is 1. The van der Waals surface area contributed by atoms with E-state index in [0.717, 1.165) is 14.6 Å². The molecule has 238 valence electrons. The van der Waals surface area contributed by atoms with Crippen molar-refractivity contribution in [3.05, 3.63) is 126 Å². The SMILES string of the molecule is CC(=O)C(C(=O)OC(c1ccccc1)c1ccccc1)N1C(=O)[C@@H](NC(=O)COc2ccccc2)[C@H]1SSc1nc2ccccc2s1. The van der Waals surface area contributed by atoms with Gasteiger partial charge in [-0.15, -0.1) is 11.3 Å². The summed E-state index contributed by atoms with van der Waals surface area (Å²) >= 11 is 1.48. The molecule has 5 aromatic rings. The van der Waals surface area contributed by atoms with Crippen LogP contribution < -0.4 is 10.1 Å². The average molecular weight is 684 g/mol. The maximum absolute atomic E-state index is 13.9. The van der Waals surface area contributed by atoms with Gasteiger partial charge in [-0.2, -0.15) is 0 Å². The van der Waals surface area contributed by atoms with Gasteiger partial charge in [-0.25, -0.2) is 9.78 Å². The van der Waals surface area contributed by atoms with Crippen LogP contribution in [-0.2, 0) is 23.9 Å². The van der Waals surface area contributed by atoms with E-state index in [2.05, 4.69) is 10.3 Å². The Bertz CT molecular complexity index is 1800. The largest absolute Gasteiger partial charge is 0.484 e. The van der Waals surface area contributed by atoms with E-state index in [-0.39, 0.29) is 6.61 Å². The van der Waals surface area contributed by atoms with Gasteiger partial charge in [0.2, 0.25) is 5.91 Å². The van der Waals surface area contributed by atoms with Gasteiger partial charge in [0.15, 0.2) is 28.9 Å². The molecule has 2 amide bonds. The summed E-state index contributed by atoms with van der Waals surface area (Å²) in [6.07, 6.45) is -0.808. The summed E-state index contributed by atoms with van der Waals surface area (Å²) in [6.45, 7) is 0.936. The third-order valence-electron chi connectivity index (χ3n) is 7.33. The third-order valence-corrected chi connectivity index (χ3v) is 11.4. The summed E-state index contributed by atoms with van der Waals surface area (Å²) in [5.41, 5.74) is 2.26. The fourth-order valence-corrected chi connectivity index (χ4v) is 9.05. The molecule has 1 aromatic heterocycles. The minimum atomic E-state index is -1.53. The molecule has 0 aliphatic carbocycles. The summed E-state index contributed by atoms with van der Waals surface area (Å²) in [5, 5.41) is 1.95. The summed E-state index contributed by atoms with van der Waals surface area (Å²) in [6, 6.07) is 32.4. The number of hydrogen-bond acceptors (Lipinski definition) is 10. The number of aromatic nitrogens is 1. The van der Waals surface area contributed by atoms with Gasteiger partial charge in [0.1, 0.15) is 17.2 Å². The predicted octanol–water partition coefficient (Wildman–Crippen LogP) is 6.06. The van der Waals surface area contributed by atoms with Crippen molar-refractivity contribution < 1.29 is 28.7 Å². The Balaban J connectivity index is 1.23. The van der Waals surface area contributed by atoms with Crippen LogP contribution in [-0.4, -0.2) is 57.5 Å². The Morgan fingerprint density at radius 3 is 2.09 bits per heavy atom. The van der Waals surface area contributed by atoms with E-state index >= 15 is 0 Å². The predicted molar refractivity (Wildman–Crippen MR) is 183 cm³/mol. The van der Waals surface area contributed by atoms with Crippen molar-refractivity contribution in [2.75, 3.05) is 6.61 Å². The number of benzene rings is 4. The Morgan fingerprint density at radius 2 is 1.47 bits per heavy atom. The quantitative estimate of drug-likeness (QED) is 0.0685. The fourth-order valence-electron chi connectivity index (χ4n) is 5.09. The van der Waals surface area contributed by atoms with Crippen LogP contribution in [0.3, 0.4) is 0 Å². The van der Waals surface area contributed by atoms with E-state index in [1.807, 2.05) is 91.0 Å². The average Bonchev–Trinajstić information content (AvgIpc) is 3.52. The van der Waals surface area contributed by atoms with Crippen LogP contribution in [0.4, 0.5) is 0 Å². The number of thiazole rings is 1. The van der Waals surface area contributed by atoms with E-state index in [4.69, 9.17) is 9.47 Å². The van der Waals surface area contributed by atoms with Crippen LogP contribution >= 0.6 is 32.9 Å². The number of β-lactam (4-membered cyclic amide) rings is 1. The molecule has 0 saturated carbocycles. The summed E-state index contributed by atoms with van der Waals surface area (Å²) in [7, 11) is 2.55. The first-order valence-electron chi connectivity index (χ1n) is 14.7. The number of fused-ring (bicyclic) bond motifs is 1. The minimum absolute atomic E-state index is 0.315. The molecule has 1 aliphatic rings. The lowest BCUT2D eigenvalue weighted by Gasteiger charge is -2.48. The van der Waals surface area contributed by atoms with Gasteiger partial charge in [-0.1, -0.05) is 102 Å². The highest BCUT2D eigenvalue weighted by atomic mass is 33.1.